The van der Waals surface area contributed by atoms with Gasteiger partial charge in [0, 0.05) is 29.4 Å². The van der Waals surface area contributed by atoms with Gasteiger partial charge in [-0.2, -0.15) is 0 Å². The maximum Gasteiger partial charge on any atom is 0.227 e. The number of para-hydroxylation sites is 2. The molecule has 0 unspecified atom stereocenters. The smallest absolute Gasteiger partial charge is 0.227 e. The molecule has 2 aromatic heterocycles. The van der Waals surface area contributed by atoms with Gasteiger partial charge < -0.3 is 15.4 Å². The van der Waals surface area contributed by atoms with E-state index < -0.39 is 0 Å². The first-order chi connectivity index (χ1) is 11.8. The number of aromatic amines is 1. The average Bonchev–Trinajstić information content (AvgIpc) is 2.86. The van der Waals surface area contributed by atoms with Gasteiger partial charge in [-0.3, -0.25) is 0 Å². The Morgan fingerprint density at radius 1 is 1.17 bits per heavy atom. The fourth-order valence-corrected chi connectivity index (χ4v) is 2.59. The Bertz CT molecular complexity index is 1040. The molecule has 1 aromatic carbocycles. The summed E-state index contributed by atoms with van der Waals surface area (Å²) in [6.45, 7) is 0. The number of aromatic nitrogens is 3. The second-order valence-electron chi connectivity index (χ2n) is 5.33. The van der Waals surface area contributed by atoms with Gasteiger partial charge in [-0.05, 0) is 24.6 Å². The highest BCUT2D eigenvalue weighted by molar-refractivity contribution is 5.65. The summed E-state index contributed by atoms with van der Waals surface area (Å²) in [5.41, 5.74) is 3.15. The van der Waals surface area contributed by atoms with Gasteiger partial charge in [0.1, 0.15) is 11.2 Å². The van der Waals surface area contributed by atoms with Crippen molar-refractivity contribution < 1.29 is 5.11 Å². The number of H-pyrrole nitrogens is 1. The van der Waals surface area contributed by atoms with Crippen LogP contribution in [-0.2, 0) is 0 Å². The number of aromatic hydroxyl groups is 1. The quantitative estimate of drug-likeness (QED) is 0.647. The van der Waals surface area contributed by atoms with E-state index in [1.54, 1.807) is 30.6 Å². The molecular formula is C18H15N5O. The molecule has 6 nitrogen and oxygen atoms in total. The van der Waals surface area contributed by atoms with E-state index in [4.69, 9.17) is 0 Å². The van der Waals surface area contributed by atoms with Crippen LogP contribution in [0.4, 0.5) is 11.6 Å². The Morgan fingerprint density at radius 3 is 3.00 bits per heavy atom. The Balaban J connectivity index is 1.73. The summed E-state index contributed by atoms with van der Waals surface area (Å²) in [6, 6.07) is 8.83. The first-order valence-electron chi connectivity index (χ1n) is 7.60. The van der Waals surface area contributed by atoms with Crippen LogP contribution in [0, 0.1) is 0 Å². The highest BCUT2D eigenvalue weighted by atomic mass is 16.3. The van der Waals surface area contributed by atoms with Gasteiger partial charge in [0.05, 0.1) is 11.4 Å². The zero-order valence-corrected chi connectivity index (χ0v) is 12.8. The van der Waals surface area contributed by atoms with E-state index in [1.165, 1.54) is 0 Å². The van der Waals surface area contributed by atoms with Crippen molar-refractivity contribution in [2.75, 3.05) is 5.32 Å². The van der Waals surface area contributed by atoms with Crippen LogP contribution in [0.5, 0.6) is 5.75 Å². The SMILES string of the molecule is Oc1ccccc1Nc1nccc(-c2c[nH]c3c2=CCC=CN=3)n1. The van der Waals surface area contributed by atoms with Crippen LogP contribution in [0.1, 0.15) is 6.42 Å². The topological polar surface area (TPSA) is 86.2 Å². The summed E-state index contributed by atoms with van der Waals surface area (Å²) >= 11 is 0. The number of nitrogens with zero attached hydrogens (tertiary/aromatic N) is 3. The van der Waals surface area contributed by atoms with Crippen LogP contribution in [0.15, 0.2) is 60.0 Å². The summed E-state index contributed by atoms with van der Waals surface area (Å²) in [5, 5.41) is 13.9. The van der Waals surface area contributed by atoms with Gasteiger partial charge >= 0.3 is 0 Å². The molecule has 6 heteroatoms. The summed E-state index contributed by atoms with van der Waals surface area (Å²) in [4.78, 5) is 16.3. The summed E-state index contributed by atoms with van der Waals surface area (Å²) < 4.78 is 0. The van der Waals surface area contributed by atoms with E-state index in [1.807, 2.05) is 24.4 Å². The second kappa shape index (κ2) is 6.00. The molecular weight excluding hydrogens is 302 g/mol. The van der Waals surface area contributed by atoms with E-state index in [-0.39, 0.29) is 5.75 Å². The maximum absolute atomic E-state index is 9.87. The molecule has 118 valence electrons. The number of benzene rings is 1. The fourth-order valence-electron chi connectivity index (χ4n) is 2.59. The number of allylic oxidation sites excluding steroid dienone is 1. The van der Waals surface area contributed by atoms with Crippen LogP contribution in [0.2, 0.25) is 0 Å². The standard InChI is InChI=1S/C18H15N5O/c24-16-7-2-1-6-15(16)23-18-20-10-8-14(22-18)13-11-21-17-12(13)5-3-4-9-19-17/h1-2,4-11,24H,3H2,(H,19,21)(H,20,22,23). The number of hydrogen-bond donors (Lipinski definition) is 3. The normalized spacial score (nSPS) is 12.7. The molecule has 3 aromatic rings. The number of phenolic OH excluding ortho intramolecular Hbond substituents is 1. The third-order valence-electron chi connectivity index (χ3n) is 3.75. The predicted molar refractivity (Wildman–Crippen MR) is 92.2 cm³/mol. The Labute approximate surface area is 138 Å². The highest BCUT2D eigenvalue weighted by Gasteiger charge is 2.08. The average molecular weight is 317 g/mol. The van der Waals surface area contributed by atoms with Crippen molar-refractivity contribution in [3.8, 4) is 17.0 Å². The van der Waals surface area contributed by atoms with Crippen molar-refractivity contribution in [3.63, 3.8) is 0 Å². The lowest BCUT2D eigenvalue weighted by Gasteiger charge is -2.07. The molecule has 0 amide bonds. The summed E-state index contributed by atoms with van der Waals surface area (Å²) in [6.07, 6.45) is 10.3. The van der Waals surface area contributed by atoms with Crippen molar-refractivity contribution >= 4 is 17.7 Å². The second-order valence-corrected chi connectivity index (χ2v) is 5.33. The largest absolute Gasteiger partial charge is 0.506 e. The van der Waals surface area contributed by atoms with Crippen LogP contribution < -0.4 is 16.0 Å². The zero-order chi connectivity index (χ0) is 16.4. The van der Waals surface area contributed by atoms with Crippen LogP contribution in [0.25, 0.3) is 17.3 Å². The molecule has 0 atom stereocenters. The molecule has 0 fully saturated rings. The molecule has 0 radical (unpaired) electrons. The van der Waals surface area contributed by atoms with Gasteiger partial charge in [0.2, 0.25) is 5.95 Å². The van der Waals surface area contributed by atoms with Crippen molar-refractivity contribution in [1.29, 1.82) is 0 Å². The van der Waals surface area contributed by atoms with Crippen LogP contribution >= 0.6 is 0 Å². The molecule has 24 heavy (non-hydrogen) atoms. The number of nitrogens with one attached hydrogen (secondary N) is 2. The Kier molecular flexibility index (Phi) is 3.55. The van der Waals surface area contributed by atoms with Crippen LogP contribution in [-0.4, -0.2) is 20.1 Å². The lowest BCUT2D eigenvalue weighted by Crippen LogP contribution is -2.23. The minimum Gasteiger partial charge on any atom is -0.506 e. The summed E-state index contributed by atoms with van der Waals surface area (Å²) in [5.74, 6) is 0.577. The zero-order valence-electron chi connectivity index (χ0n) is 12.8. The molecule has 4 rings (SSSR count). The number of anilines is 2. The minimum absolute atomic E-state index is 0.153. The fraction of sp³-hybridized carbons (Fsp3) is 0.0556. The first kappa shape index (κ1) is 14.2. The van der Waals surface area contributed by atoms with Crippen LogP contribution in [0.3, 0.4) is 0 Å². The Morgan fingerprint density at radius 2 is 2.08 bits per heavy atom. The number of fused-ring (bicyclic) bond motifs is 1. The van der Waals surface area contributed by atoms with E-state index in [9.17, 15) is 5.11 Å². The van der Waals surface area contributed by atoms with Crippen molar-refractivity contribution in [2.45, 2.75) is 6.42 Å². The van der Waals surface area contributed by atoms with E-state index >= 15 is 0 Å². The molecule has 0 saturated carbocycles. The molecule has 0 spiro atoms. The third-order valence-corrected chi connectivity index (χ3v) is 3.75. The number of rotatable bonds is 3. The van der Waals surface area contributed by atoms with Crippen molar-refractivity contribution in [2.24, 2.45) is 4.99 Å². The van der Waals surface area contributed by atoms with Gasteiger partial charge in [0.15, 0.2) is 0 Å². The maximum atomic E-state index is 9.87. The van der Waals surface area contributed by atoms with E-state index in [2.05, 4.69) is 31.3 Å². The lowest BCUT2D eigenvalue weighted by atomic mass is 10.2. The molecule has 3 N–H and O–H groups in total. The molecule has 1 aliphatic rings. The monoisotopic (exact) mass is 317 g/mol. The van der Waals surface area contributed by atoms with Crippen molar-refractivity contribution in [3.05, 3.63) is 65.7 Å². The molecule has 0 bridgehead atoms. The van der Waals surface area contributed by atoms with Gasteiger partial charge in [-0.25, -0.2) is 15.0 Å². The molecule has 0 saturated heterocycles. The highest BCUT2D eigenvalue weighted by Crippen LogP contribution is 2.24. The van der Waals surface area contributed by atoms with E-state index in [0.29, 0.717) is 11.6 Å². The number of phenols is 1. The van der Waals surface area contributed by atoms with Crippen molar-refractivity contribution in [1.82, 2.24) is 15.0 Å². The first-order valence-corrected chi connectivity index (χ1v) is 7.60. The van der Waals surface area contributed by atoms with Gasteiger partial charge in [-0.15, -0.1) is 0 Å². The number of hydrogen-bond acceptors (Lipinski definition) is 5. The van der Waals surface area contributed by atoms with Gasteiger partial charge in [0.25, 0.3) is 0 Å². The predicted octanol–water partition coefficient (Wildman–Crippen LogP) is 2.24. The third kappa shape index (κ3) is 2.65. The molecule has 0 aliphatic carbocycles. The summed E-state index contributed by atoms with van der Waals surface area (Å²) in [7, 11) is 0. The minimum atomic E-state index is 0.153. The Hall–Kier alpha value is -3.41. The van der Waals surface area contributed by atoms with E-state index in [0.717, 1.165) is 28.4 Å². The lowest BCUT2D eigenvalue weighted by molar-refractivity contribution is 0.477. The molecule has 1 aliphatic heterocycles. The van der Waals surface area contributed by atoms with Gasteiger partial charge in [-0.1, -0.05) is 24.3 Å². The molecule has 3 heterocycles.